The Kier molecular flexibility index (Phi) is 3.82. The lowest BCUT2D eigenvalue weighted by atomic mass is 10.1. The third kappa shape index (κ3) is 2.87. The molecule has 1 aromatic carbocycles. The van der Waals surface area contributed by atoms with E-state index >= 15 is 0 Å². The molecule has 0 saturated carbocycles. The molecule has 1 aliphatic heterocycles. The van der Waals surface area contributed by atoms with Crippen molar-refractivity contribution in [2.24, 2.45) is 0 Å². The normalized spacial score (nSPS) is 17.6. The first-order valence-electron chi connectivity index (χ1n) is 6.18. The fourth-order valence-electron chi connectivity index (χ4n) is 2.32. The zero-order chi connectivity index (χ0) is 12.3. The van der Waals surface area contributed by atoms with E-state index in [2.05, 4.69) is 0 Å². The lowest BCUT2D eigenvalue weighted by molar-refractivity contribution is 0.551. The molecule has 2 N–H and O–H groups in total. The van der Waals surface area contributed by atoms with Crippen LogP contribution in [-0.2, 0) is 0 Å². The molecule has 0 aromatic heterocycles. The zero-order valence-corrected chi connectivity index (χ0v) is 9.88. The summed E-state index contributed by atoms with van der Waals surface area (Å²) < 4.78 is 26.6. The van der Waals surface area contributed by atoms with Crippen molar-refractivity contribution in [2.45, 2.75) is 32.1 Å². The summed E-state index contributed by atoms with van der Waals surface area (Å²) in [5.41, 5.74) is 6.26. The monoisotopic (exact) mass is 240 g/mol. The molecule has 17 heavy (non-hydrogen) atoms. The highest BCUT2D eigenvalue weighted by Gasteiger charge is 2.15. The van der Waals surface area contributed by atoms with Gasteiger partial charge in [0.15, 0.2) is 5.82 Å². The van der Waals surface area contributed by atoms with Crippen LogP contribution in [0.5, 0.6) is 0 Å². The fraction of sp³-hybridized carbons (Fsp3) is 0.538. The van der Waals surface area contributed by atoms with Crippen LogP contribution in [-0.4, -0.2) is 13.1 Å². The van der Waals surface area contributed by atoms with Crippen molar-refractivity contribution < 1.29 is 8.78 Å². The molecule has 0 unspecified atom stereocenters. The quantitative estimate of drug-likeness (QED) is 0.763. The second kappa shape index (κ2) is 5.34. The zero-order valence-electron chi connectivity index (χ0n) is 9.88. The highest BCUT2D eigenvalue weighted by molar-refractivity contribution is 5.68. The SMILES string of the molecule is Nc1c(F)cc(F)cc1N1CCCCCCC1. The van der Waals surface area contributed by atoms with Crippen molar-refractivity contribution in [3.05, 3.63) is 23.8 Å². The number of rotatable bonds is 1. The largest absolute Gasteiger partial charge is 0.395 e. The molecule has 4 heteroatoms. The molecule has 0 amide bonds. The van der Waals surface area contributed by atoms with Crippen molar-refractivity contribution >= 4 is 11.4 Å². The summed E-state index contributed by atoms with van der Waals surface area (Å²) in [4.78, 5) is 2.00. The molecule has 1 heterocycles. The van der Waals surface area contributed by atoms with Gasteiger partial charge in [0.25, 0.3) is 0 Å². The second-order valence-electron chi connectivity index (χ2n) is 4.58. The lowest BCUT2D eigenvalue weighted by Gasteiger charge is -2.28. The van der Waals surface area contributed by atoms with E-state index < -0.39 is 11.6 Å². The third-order valence-electron chi connectivity index (χ3n) is 3.27. The molecular formula is C13H18F2N2. The van der Waals surface area contributed by atoms with Gasteiger partial charge in [0.2, 0.25) is 0 Å². The van der Waals surface area contributed by atoms with Gasteiger partial charge in [-0.25, -0.2) is 8.78 Å². The second-order valence-corrected chi connectivity index (χ2v) is 4.58. The van der Waals surface area contributed by atoms with Gasteiger partial charge in [-0.15, -0.1) is 0 Å². The maximum absolute atomic E-state index is 13.4. The van der Waals surface area contributed by atoms with Crippen molar-refractivity contribution in [2.75, 3.05) is 23.7 Å². The molecule has 2 nitrogen and oxygen atoms in total. The number of hydrogen-bond acceptors (Lipinski definition) is 2. The van der Waals surface area contributed by atoms with E-state index in [1.165, 1.54) is 25.3 Å². The van der Waals surface area contributed by atoms with E-state index in [0.29, 0.717) is 5.69 Å². The van der Waals surface area contributed by atoms with Gasteiger partial charge < -0.3 is 10.6 Å². The molecular weight excluding hydrogens is 222 g/mol. The van der Waals surface area contributed by atoms with Gasteiger partial charge in [0, 0.05) is 19.2 Å². The van der Waals surface area contributed by atoms with Gasteiger partial charge in [-0.05, 0) is 18.9 Å². The van der Waals surface area contributed by atoms with Crippen LogP contribution in [0.25, 0.3) is 0 Å². The van der Waals surface area contributed by atoms with Crippen LogP contribution < -0.4 is 10.6 Å². The van der Waals surface area contributed by atoms with Crippen molar-refractivity contribution in [3.8, 4) is 0 Å². The van der Waals surface area contributed by atoms with E-state index in [9.17, 15) is 8.78 Å². The first-order chi connectivity index (χ1) is 8.18. The van der Waals surface area contributed by atoms with Crippen LogP contribution in [0.4, 0.5) is 20.2 Å². The minimum absolute atomic E-state index is 0.0620. The average Bonchev–Trinajstić information content (AvgIpc) is 2.23. The smallest absolute Gasteiger partial charge is 0.151 e. The topological polar surface area (TPSA) is 29.3 Å². The minimum atomic E-state index is -0.665. The maximum atomic E-state index is 13.4. The Bertz CT molecular complexity index is 385. The summed E-state index contributed by atoms with van der Waals surface area (Å²) >= 11 is 0. The van der Waals surface area contributed by atoms with E-state index in [4.69, 9.17) is 5.73 Å². The van der Waals surface area contributed by atoms with Gasteiger partial charge >= 0.3 is 0 Å². The van der Waals surface area contributed by atoms with Crippen molar-refractivity contribution in [1.82, 2.24) is 0 Å². The van der Waals surface area contributed by atoms with E-state index in [1.807, 2.05) is 4.90 Å². The Hall–Kier alpha value is -1.32. The van der Waals surface area contributed by atoms with Crippen LogP contribution in [0.1, 0.15) is 32.1 Å². The highest BCUT2D eigenvalue weighted by atomic mass is 19.1. The first-order valence-corrected chi connectivity index (χ1v) is 6.18. The molecule has 94 valence electrons. The number of anilines is 2. The average molecular weight is 240 g/mol. The Balaban J connectivity index is 2.24. The number of nitrogens with two attached hydrogens (primary N) is 1. The molecule has 0 atom stereocenters. The van der Waals surface area contributed by atoms with Crippen LogP contribution in [0.2, 0.25) is 0 Å². The van der Waals surface area contributed by atoms with Crippen molar-refractivity contribution in [1.29, 1.82) is 0 Å². The number of halogens is 2. The third-order valence-corrected chi connectivity index (χ3v) is 3.27. The predicted octanol–water partition coefficient (Wildman–Crippen LogP) is 3.32. The highest BCUT2D eigenvalue weighted by Crippen LogP contribution is 2.28. The summed E-state index contributed by atoms with van der Waals surface area (Å²) in [6, 6.07) is 2.17. The van der Waals surface area contributed by atoms with Gasteiger partial charge in [0.05, 0.1) is 11.4 Å². The van der Waals surface area contributed by atoms with Crippen LogP contribution in [0.15, 0.2) is 12.1 Å². The molecule has 2 rings (SSSR count). The molecule has 1 aliphatic rings. The Morgan fingerprint density at radius 2 is 1.53 bits per heavy atom. The maximum Gasteiger partial charge on any atom is 0.151 e. The summed E-state index contributed by atoms with van der Waals surface area (Å²) in [6.07, 6.45) is 5.71. The summed E-state index contributed by atoms with van der Waals surface area (Å²) in [5, 5.41) is 0. The van der Waals surface area contributed by atoms with Gasteiger partial charge in [-0.2, -0.15) is 0 Å². The van der Waals surface area contributed by atoms with Crippen molar-refractivity contribution in [3.63, 3.8) is 0 Å². The van der Waals surface area contributed by atoms with Gasteiger partial charge in [-0.3, -0.25) is 0 Å². The number of nitrogen functional groups attached to an aromatic ring is 1. The van der Waals surface area contributed by atoms with E-state index in [0.717, 1.165) is 32.0 Å². The van der Waals surface area contributed by atoms with Crippen LogP contribution in [0, 0.1) is 11.6 Å². The van der Waals surface area contributed by atoms with E-state index in [-0.39, 0.29) is 5.69 Å². The molecule has 1 aromatic rings. The number of hydrogen-bond donors (Lipinski definition) is 1. The predicted molar refractivity (Wildman–Crippen MR) is 66.1 cm³/mol. The molecule has 0 radical (unpaired) electrons. The van der Waals surface area contributed by atoms with Crippen LogP contribution in [0.3, 0.4) is 0 Å². The minimum Gasteiger partial charge on any atom is -0.395 e. The molecule has 0 bridgehead atoms. The van der Waals surface area contributed by atoms with E-state index in [1.54, 1.807) is 0 Å². The molecule has 1 fully saturated rings. The van der Waals surface area contributed by atoms with Gasteiger partial charge in [-0.1, -0.05) is 19.3 Å². The number of benzene rings is 1. The summed E-state index contributed by atoms with van der Waals surface area (Å²) in [7, 11) is 0. The lowest BCUT2D eigenvalue weighted by Crippen LogP contribution is -2.28. The number of nitrogens with zero attached hydrogens (tertiary/aromatic N) is 1. The summed E-state index contributed by atoms with van der Waals surface area (Å²) in [5.74, 6) is -1.23. The Morgan fingerprint density at radius 1 is 0.941 bits per heavy atom. The Morgan fingerprint density at radius 3 is 2.18 bits per heavy atom. The molecule has 0 spiro atoms. The van der Waals surface area contributed by atoms with Gasteiger partial charge in [0.1, 0.15) is 5.82 Å². The molecule has 0 aliphatic carbocycles. The first kappa shape index (κ1) is 12.1. The molecule has 1 saturated heterocycles. The van der Waals surface area contributed by atoms with Crippen LogP contribution >= 0.6 is 0 Å². The standard InChI is InChI=1S/C13H18F2N2/c14-10-8-11(15)13(16)12(9-10)17-6-4-2-1-3-5-7-17/h8-9H,1-7,16H2. The summed E-state index contributed by atoms with van der Waals surface area (Å²) in [6.45, 7) is 1.65. The fourth-order valence-corrected chi connectivity index (χ4v) is 2.32. The Labute approximate surface area is 100 Å².